The van der Waals surface area contributed by atoms with Crippen molar-refractivity contribution in [2.24, 2.45) is 4.99 Å². The molecule has 0 saturated carbocycles. The highest BCUT2D eigenvalue weighted by atomic mass is 127. The molecule has 0 spiro atoms. The summed E-state index contributed by atoms with van der Waals surface area (Å²) in [5.41, 5.74) is 0. The Labute approximate surface area is 151 Å². The summed E-state index contributed by atoms with van der Waals surface area (Å²) in [6.07, 6.45) is -4.18. The van der Waals surface area contributed by atoms with Crippen molar-refractivity contribution in [2.75, 3.05) is 33.7 Å². The average Bonchev–Trinajstić information content (AvgIpc) is 2.82. The lowest BCUT2D eigenvalue weighted by Gasteiger charge is -2.20. The van der Waals surface area contributed by atoms with Crippen LogP contribution < -0.4 is 10.6 Å². The van der Waals surface area contributed by atoms with Gasteiger partial charge >= 0.3 is 6.18 Å². The van der Waals surface area contributed by atoms with E-state index in [9.17, 15) is 13.2 Å². The van der Waals surface area contributed by atoms with Crippen LogP contribution in [0.3, 0.4) is 0 Å². The molecule has 23 heavy (non-hydrogen) atoms. The van der Waals surface area contributed by atoms with Crippen molar-refractivity contribution in [2.45, 2.75) is 26.1 Å². The maximum absolute atomic E-state index is 12.2. The fourth-order valence-corrected chi connectivity index (χ4v) is 1.91. The van der Waals surface area contributed by atoms with Crippen LogP contribution in [0.2, 0.25) is 0 Å². The number of likely N-dealkylation sites (N-methyl/N-ethyl adjacent to an activating group) is 1. The lowest BCUT2D eigenvalue weighted by Crippen LogP contribution is -2.43. The Bertz CT molecular complexity index is 491. The zero-order valence-corrected chi connectivity index (χ0v) is 16.0. The van der Waals surface area contributed by atoms with Gasteiger partial charge < -0.3 is 15.1 Å². The molecule has 9 heteroatoms. The van der Waals surface area contributed by atoms with Gasteiger partial charge in [0.25, 0.3) is 0 Å². The summed E-state index contributed by atoms with van der Waals surface area (Å²) in [7, 11) is 3.04. The Hall–Kier alpha value is -0.970. The number of hydrogen-bond donors (Lipinski definition) is 2. The number of alkyl halides is 3. The van der Waals surface area contributed by atoms with Crippen LogP contribution in [-0.4, -0.2) is 50.8 Å². The number of hydrogen-bond acceptors (Lipinski definition) is 3. The molecule has 1 atom stereocenters. The van der Waals surface area contributed by atoms with E-state index >= 15 is 0 Å². The predicted octanol–water partition coefficient (Wildman–Crippen LogP) is 2.93. The monoisotopic (exact) mass is 448 g/mol. The maximum Gasteiger partial charge on any atom is 0.401 e. The number of rotatable bonds is 6. The Morgan fingerprint density at radius 1 is 1.39 bits per heavy atom. The van der Waals surface area contributed by atoms with Gasteiger partial charge in [-0.05, 0) is 33.0 Å². The minimum absolute atomic E-state index is 0. The molecular formula is C14H24F3IN4O. The number of guanidine groups is 1. The molecule has 2 N–H and O–H groups in total. The molecule has 0 aliphatic heterocycles. The molecule has 1 aromatic rings. The molecule has 1 unspecified atom stereocenters. The third-order valence-electron chi connectivity index (χ3n) is 3.00. The summed E-state index contributed by atoms with van der Waals surface area (Å²) in [4.78, 5) is 5.25. The molecule has 0 aliphatic rings. The Kier molecular flexibility index (Phi) is 9.59. The molecule has 0 aliphatic carbocycles. The molecule has 134 valence electrons. The van der Waals surface area contributed by atoms with Crippen molar-refractivity contribution < 1.29 is 17.6 Å². The molecule has 0 aromatic carbocycles. The summed E-state index contributed by atoms with van der Waals surface area (Å²) in [5.74, 6) is 2.11. The van der Waals surface area contributed by atoms with Crippen molar-refractivity contribution in [3.8, 4) is 0 Å². The fourth-order valence-electron chi connectivity index (χ4n) is 1.91. The first-order chi connectivity index (χ1) is 10.2. The van der Waals surface area contributed by atoms with Crippen LogP contribution in [0.15, 0.2) is 21.5 Å². The van der Waals surface area contributed by atoms with Crippen molar-refractivity contribution in [3.63, 3.8) is 0 Å². The standard InChI is InChI=1S/C14H23F3N4O.HI/c1-10-5-6-12(22-10)11(2)20-13(18-3)19-7-8-21(4)9-14(15,16)17;/h5-6,11H,7-9H2,1-4H3,(H2,18,19,20);1H. The minimum Gasteiger partial charge on any atom is -0.464 e. The highest BCUT2D eigenvalue weighted by molar-refractivity contribution is 14.0. The largest absolute Gasteiger partial charge is 0.464 e. The summed E-state index contributed by atoms with van der Waals surface area (Å²) in [5, 5.41) is 6.10. The van der Waals surface area contributed by atoms with E-state index in [-0.39, 0.29) is 36.6 Å². The first kappa shape index (κ1) is 22.0. The highest BCUT2D eigenvalue weighted by Crippen LogP contribution is 2.16. The van der Waals surface area contributed by atoms with Crippen molar-refractivity contribution in [1.82, 2.24) is 15.5 Å². The van der Waals surface area contributed by atoms with E-state index in [4.69, 9.17) is 4.42 Å². The average molecular weight is 448 g/mol. The van der Waals surface area contributed by atoms with Crippen LogP contribution in [0, 0.1) is 6.92 Å². The van der Waals surface area contributed by atoms with Crippen LogP contribution in [-0.2, 0) is 0 Å². The Balaban J connectivity index is 0.00000484. The third kappa shape index (κ3) is 9.04. The van der Waals surface area contributed by atoms with E-state index < -0.39 is 12.7 Å². The van der Waals surface area contributed by atoms with Gasteiger partial charge in [-0.25, -0.2) is 0 Å². The second-order valence-corrected chi connectivity index (χ2v) is 5.17. The molecule has 0 saturated heterocycles. The quantitative estimate of drug-likeness (QED) is 0.400. The smallest absolute Gasteiger partial charge is 0.401 e. The molecular weight excluding hydrogens is 424 g/mol. The van der Waals surface area contributed by atoms with E-state index in [2.05, 4.69) is 15.6 Å². The van der Waals surface area contributed by atoms with E-state index in [1.165, 1.54) is 11.9 Å². The number of halogens is 4. The number of aryl methyl sites for hydroxylation is 1. The van der Waals surface area contributed by atoms with E-state index in [0.717, 1.165) is 11.5 Å². The molecule has 1 rings (SSSR count). The van der Waals surface area contributed by atoms with Gasteiger partial charge in [0, 0.05) is 20.1 Å². The minimum atomic E-state index is -4.18. The van der Waals surface area contributed by atoms with Crippen LogP contribution in [0.25, 0.3) is 0 Å². The van der Waals surface area contributed by atoms with Crippen LogP contribution in [0.1, 0.15) is 24.5 Å². The second kappa shape index (κ2) is 10.0. The molecule has 0 bridgehead atoms. The number of nitrogens with one attached hydrogen (secondary N) is 2. The molecule has 0 amide bonds. The highest BCUT2D eigenvalue weighted by Gasteiger charge is 2.28. The van der Waals surface area contributed by atoms with Crippen molar-refractivity contribution >= 4 is 29.9 Å². The lowest BCUT2D eigenvalue weighted by molar-refractivity contribution is -0.142. The Morgan fingerprint density at radius 2 is 2.04 bits per heavy atom. The van der Waals surface area contributed by atoms with Crippen LogP contribution in [0.5, 0.6) is 0 Å². The van der Waals surface area contributed by atoms with Crippen molar-refractivity contribution in [3.05, 3.63) is 23.7 Å². The summed E-state index contributed by atoms with van der Waals surface area (Å²) < 4.78 is 42.1. The van der Waals surface area contributed by atoms with Crippen molar-refractivity contribution in [1.29, 1.82) is 0 Å². The molecule has 1 heterocycles. The molecule has 0 fully saturated rings. The van der Waals surface area contributed by atoms with E-state index in [1.807, 2.05) is 26.0 Å². The molecule has 0 radical (unpaired) electrons. The summed E-state index contributed by atoms with van der Waals surface area (Å²) in [6, 6.07) is 3.65. The van der Waals surface area contributed by atoms with Crippen LogP contribution in [0.4, 0.5) is 13.2 Å². The van der Waals surface area contributed by atoms with E-state index in [1.54, 1.807) is 7.05 Å². The molecule has 5 nitrogen and oxygen atoms in total. The van der Waals surface area contributed by atoms with Gasteiger partial charge in [-0.2, -0.15) is 13.2 Å². The summed E-state index contributed by atoms with van der Waals surface area (Å²) in [6.45, 7) is 3.47. The van der Waals surface area contributed by atoms with Gasteiger partial charge in [-0.1, -0.05) is 0 Å². The Morgan fingerprint density at radius 3 is 2.52 bits per heavy atom. The molecule has 1 aromatic heterocycles. The fraction of sp³-hybridized carbons (Fsp3) is 0.643. The number of furan rings is 1. The second-order valence-electron chi connectivity index (χ2n) is 5.17. The number of aliphatic imine (C=N–C) groups is 1. The SMILES string of the molecule is CN=C(NCCN(C)CC(F)(F)F)NC(C)c1ccc(C)o1.I. The van der Waals surface area contributed by atoms with Gasteiger partial charge in [0.05, 0.1) is 12.6 Å². The first-order valence-corrected chi connectivity index (χ1v) is 7.00. The zero-order valence-electron chi connectivity index (χ0n) is 13.7. The first-order valence-electron chi connectivity index (χ1n) is 7.00. The topological polar surface area (TPSA) is 52.8 Å². The zero-order chi connectivity index (χ0) is 16.8. The van der Waals surface area contributed by atoms with Gasteiger partial charge in [0.15, 0.2) is 5.96 Å². The summed E-state index contributed by atoms with van der Waals surface area (Å²) >= 11 is 0. The maximum atomic E-state index is 12.2. The van der Waals surface area contributed by atoms with Gasteiger partial charge in [-0.15, -0.1) is 24.0 Å². The number of nitrogens with zero attached hydrogens (tertiary/aromatic N) is 2. The predicted molar refractivity (Wildman–Crippen MR) is 95.3 cm³/mol. The van der Waals surface area contributed by atoms with E-state index in [0.29, 0.717) is 12.5 Å². The normalized spacial score (nSPS) is 13.7. The van der Waals surface area contributed by atoms with Gasteiger partial charge in [0.1, 0.15) is 11.5 Å². The third-order valence-corrected chi connectivity index (χ3v) is 3.00. The lowest BCUT2D eigenvalue weighted by atomic mass is 10.2. The van der Waals surface area contributed by atoms with Gasteiger partial charge in [0.2, 0.25) is 0 Å². The van der Waals surface area contributed by atoms with Crippen LogP contribution >= 0.6 is 24.0 Å². The van der Waals surface area contributed by atoms with Gasteiger partial charge in [-0.3, -0.25) is 9.89 Å².